The van der Waals surface area contributed by atoms with E-state index in [0.29, 0.717) is 5.82 Å². The van der Waals surface area contributed by atoms with E-state index in [1.807, 2.05) is 24.3 Å². The van der Waals surface area contributed by atoms with Crippen LogP contribution in [-0.4, -0.2) is 9.97 Å². The summed E-state index contributed by atoms with van der Waals surface area (Å²) in [6, 6.07) is 55.4. The molecule has 218 valence electrons. The Morgan fingerprint density at radius 1 is 0.362 bits per heavy atom. The monoisotopic (exact) mass is 598 g/mol. The molecule has 3 nitrogen and oxygen atoms in total. The molecule has 0 N–H and O–H groups in total. The minimum absolute atomic E-state index is 0.705. The van der Waals surface area contributed by atoms with Crippen LogP contribution in [0.5, 0.6) is 0 Å². The summed E-state index contributed by atoms with van der Waals surface area (Å²) >= 11 is 0. The van der Waals surface area contributed by atoms with Crippen molar-refractivity contribution >= 4 is 65.2 Å². The number of para-hydroxylation sites is 2. The van der Waals surface area contributed by atoms with Gasteiger partial charge in [0.25, 0.3) is 0 Å². The molecule has 0 aliphatic heterocycles. The zero-order chi connectivity index (χ0) is 30.9. The number of benzene rings is 8. The summed E-state index contributed by atoms with van der Waals surface area (Å²) in [7, 11) is 0. The van der Waals surface area contributed by atoms with Crippen molar-refractivity contribution in [2.24, 2.45) is 0 Å². The Hall–Kier alpha value is -6.32. The topological polar surface area (TPSA) is 38.9 Å². The standard InChI is InChI=1S/C44H26N2O/c1-2-11-27(12-3-1)28-13-10-14-29(25-28)42-37-18-6-8-19-39(37)45-44(46-42)30-21-22-35-38(26-30)32-16-5-4-15-31(32)34-23-24-36-33-17-7-9-20-40(33)47-43(36)41(34)35/h1-26H. The van der Waals surface area contributed by atoms with E-state index in [-0.39, 0.29) is 0 Å². The third kappa shape index (κ3) is 4.00. The van der Waals surface area contributed by atoms with Gasteiger partial charge < -0.3 is 4.42 Å². The predicted molar refractivity (Wildman–Crippen MR) is 196 cm³/mol. The van der Waals surface area contributed by atoms with Crippen molar-refractivity contribution < 1.29 is 4.42 Å². The summed E-state index contributed by atoms with van der Waals surface area (Å²) in [4.78, 5) is 10.4. The maximum atomic E-state index is 6.57. The molecule has 0 fully saturated rings. The average molecular weight is 599 g/mol. The van der Waals surface area contributed by atoms with E-state index in [4.69, 9.17) is 14.4 Å². The lowest BCUT2D eigenvalue weighted by Crippen LogP contribution is -1.96. The number of hydrogen-bond donors (Lipinski definition) is 0. The van der Waals surface area contributed by atoms with Crippen LogP contribution in [0, 0.1) is 0 Å². The molecule has 0 aliphatic carbocycles. The minimum atomic E-state index is 0.705. The van der Waals surface area contributed by atoms with Crippen molar-refractivity contribution in [2.75, 3.05) is 0 Å². The molecule has 2 aromatic heterocycles. The quantitative estimate of drug-likeness (QED) is 0.190. The Labute approximate surface area is 270 Å². The molecule has 0 amide bonds. The Bertz CT molecular complexity index is 2850. The van der Waals surface area contributed by atoms with Gasteiger partial charge in [-0.3, -0.25) is 0 Å². The van der Waals surface area contributed by atoms with E-state index in [1.54, 1.807) is 0 Å². The van der Waals surface area contributed by atoms with E-state index >= 15 is 0 Å². The molecule has 2 heterocycles. The van der Waals surface area contributed by atoms with Crippen molar-refractivity contribution in [3.8, 4) is 33.8 Å². The molecule has 3 heteroatoms. The zero-order valence-electron chi connectivity index (χ0n) is 25.3. The summed E-state index contributed by atoms with van der Waals surface area (Å²) in [5.41, 5.74) is 8.06. The molecule has 8 aromatic carbocycles. The number of furan rings is 1. The fraction of sp³-hybridized carbons (Fsp3) is 0. The van der Waals surface area contributed by atoms with E-state index in [0.717, 1.165) is 71.4 Å². The molecule has 47 heavy (non-hydrogen) atoms. The van der Waals surface area contributed by atoms with Crippen LogP contribution in [0.1, 0.15) is 0 Å². The van der Waals surface area contributed by atoms with Crippen molar-refractivity contribution in [2.45, 2.75) is 0 Å². The van der Waals surface area contributed by atoms with E-state index in [2.05, 4.69) is 133 Å². The van der Waals surface area contributed by atoms with Gasteiger partial charge in [0.05, 0.1) is 11.2 Å². The first-order valence-corrected chi connectivity index (χ1v) is 15.9. The largest absolute Gasteiger partial charge is 0.455 e. The van der Waals surface area contributed by atoms with Gasteiger partial charge in [-0.1, -0.05) is 127 Å². The number of aromatic nitrogens is 2. The number of hydrogen-bond acceptors (Lipinski definition) is 3. The molecule has 0 unspecified atom stereocenters. The lowest BCUT2D eigenvalue weighted by Gasteiger charge is -2.13. The van der Waals surface area contributed by atoms with Gasteiger partial charge in [0.2, 0.25) is 0 Å². The third-order valence-electron chi connectivity index (χ3n) is 9.45. The second-order valence-corrected chi connectivity index (χ2v) is 12.1. The summed E-state index contributed by atoms with van der Waals surface area (Å²) in [6.45, 7) is 0. The molecule has 0 radical (unpaired) electrons. The van der Waals surface area contributed by atoms with Crippen molar-refractivity contribution in [1.82, 2.24) is 9.97 Å². The van der Waals surface area contributed by atoms with Gasteiger partial charge in [-0.05, 0) is 68.4 Å². The van der Waals surface area contributed by atoms with Crippen LogP contribution in [0.15, 0.2) is 162 Å². The Morgan fingerprint density at radius 3 is 1.87 bits per heavy atom. The Balaban J connectivity index is 1.23. The number of rotatable bonds is 3. The Kier molecular flexibility index (Phi) is 5.57. The van der Waals surface area contributed by atoms with E-state index in [1.165, 1.54) is 21.7 Å². The van der Waals surface area contributed by atoms with Crippen molar-refractivity contribution in [1.29, 1.82) is 0 Å². The molecule has 0 saturated carbocycles. The van der Waals surface area contributed by atoms with Gasteiger partial charge in [-0.25, -0.2) is 9.97 Å². The van der Waals surface area contributed by atoms with Crippen LogP contribution in [0.25, 0.3) is 98.9 Å². The number of nitrogens with zero attached hydrogens (tertiary/aromatic N) is 2. The second-order valence-electron chi connectivity index (χ2n) is 12.1. The normalized spacial score (nSPS) is 11.8. The van der Waals surface area contributed by atoms with Gasteiger partial charge in [-0.2, -0.15) is 0 Å². The molecule has 0 spiro atoms. The summed E-state index contributed by atoms with van der Waals surface area (Å²) in [5.74, 6) is 0.705. The third-order valence-corrected chi connectivity index (χ3v) is 9.45. The molecule has 10 aromatic rings. The average Bonchev–Trinajstić information content (AvgIpc) is 3.53. The van der Waals surface area contributed by atoms with Crippen molar-refractivity contribution in [3.63, 3.8) is 0 Å². The summed E-state index contributed by atoms with van der Waals surface area (Å²) in [5, 5.41) is 10.3. The second kappa shape index (κ2) is 10.1. The minimum Gasteiger partial charge on any atom is -0.455 e. The lowest BCUT2D eigenvalue weighted by molar-refractivity contribution is 0.673. The van der Waals surface area contributed by atoms with Crippen LogP contribution in [0.4, 0.5) is 0 Å². The fourth-order valence-corrected chi connectivity index (χ4v) is 7.26. The first-order valence-electron chi connectivity index (χ1n) is 15.9. The first kappa shape index (κ1) is 26.0. The predicted octanol–water partition coefficient (Wildman–Crippen LogP) is 12.0. The molecule has 0 atom stereocenters. The van der Waals surface area contributed by atoms with Gasteiger partial charge in [0.1, 0.15) is 11.2 Å². The molecular formula is C44H26N2O. The molecule has 10 rings (SSSR count). The van der Waals surface area contributed by atoms with E-state index < -0.39 is 0 Å². The van der Waals surface area contributed by atoms with Gasteiger partial charge in [0.15, 0.2) is 5.82 Å². The highest BCUT2D eigenvalue weighted by Gasteiger charge is 2.18. The van der Waals surface area contributed by atoms with Crippen LogP contribution in [0.2, 0.25) is 0 Å². The number of fused-ring (bicyclic) bond motifs is 11. The fourth-order valence-electron chi connectivity index (χ4n) is 7.26. The summed E-state index contributed by atoms with van der Waals surface area (Å²) in [6.07, 6.45) is 0. The summed E-state index contributed by atoms with van der Waals surface area (Å²) < 4.78 is 6.57. The molecule has 0 aliphatic rings. The highest BCUT2D eigenvalue weighted by atomic mass is 16.3. The van der Waals surface area contributed by atoms with Crippen LogP contribution in [0.3, 0.4) is 0 Å². The highest BCUT2D eigenvalue weighted by Crippen LogP contribution is 2.43. The highest BCUT2D eigenvalue weighted by molar-refractivity contribution is 6.32. The zero-order valence-corrected chi connectivity index (χ0v) is 25.3. The van der Waals surface area contributed by atoms with Crippen LogP contribution >= 0.6 is 0 Å². The van der Waals surface area contributed by atoms with Crippen molar-refractivity contribution in [3.05, 3.63) is 158 Å². The maximum absolute atomic E-state index is 6.57. The van der Waals surface area contributed by atoms with Gasteiger partial charge in [0, 0.05) is 32.7 Å². The lowest BCUT2D eigenvalue weighted by atomic mass is 9.92. The SMILES string of the molecule is c1ccc(-c2cccc(-c3nc(-c4ccc5c(c4)c4ccccc4c4ccc6c7ccccc7oc6c45)nc4ccccc34)c2)cc1. The molecule has 0 bridgehead atoms. The Morgan fingerprint density at radius 2 is 1.00 bits per heavy atom. The molecule has 0 saturated heterocycles. The smallest absolute Gasteiger partial charge is 0.160 e. The van der Waals surface area contributed by atoms with Gasteiger partial charge >= 0.3 is 0 Å². The first-order chi connectivity index (χ1) is 23.3. The molecular weight excluding hydrogens is 572 g/mol. The maximum Gasteiger partial charge on any atom is 0.160 e. The van der Waals surface area contributed by atoms with Crippen LogP contribution in [-0.2, 0) is 0 Å². The van der Waals surface area contributed by atoms with Crippen LogP contribution < -0.4 is 0 Å². The van der Waals surface area contributed by atoms with Gasteiger partial charge in [-0.15, -0.1) is 0 Å². The van der Waals surface area contributed by atoms with E-state index in [9.17, 15) is 0 Å².